The second-order valence-corrected chi connectivity index (χ2v) is 6.73. The molecule has 1 saturated carbocycles. The first-order chi connectivity index (χ1) is 11.5. The van der Waals surface area contributed by atoms with Crippen molar-refractivity contribution in [3.63, 3.8) is 0 Å². The molecule has 2 atom stereocenters. The highest BCUT2D eigenvalue weighted by molar-refractivity contribution is 5.99. The van der Waals surface area contributed by atoms with E-state index in [0.717, 1.165) is 0 Å². The van der Waals surface area contributed by atoms with Crippen LogP contribution in [0.5, 0.6) is 5.75 Å². The fourth-order valence-corrected chi connectivity index (χ4v) is 2.89. The molecular weight excluding hydrogens is 337 g/mol. The summed E-state index contributed by atoms with van der Waals surface area (Å²) in [5.74, 6) is -0.386. The standard InChI is InChI=1S/C17H23F3N2O3/c1-4-24-13-9-16(21,15(13,2)3)14(23)22-11-6-5-7-12(8-11)25-10-17(18,19)20/h5-8,13H,4,9-10,21H2,1-3H3,(H,22,23). The molecule has 3 N–H and O–H groups in total. The van der Waals surface area contributed by atoms with Gasteiger partial charge in [-0.25, -0.2) is 0 Å². The predicted molar refractivity (Wildman–Crippen MR) is 87.4 cm³/mol. The Balaban J connectivity index is 2.04. The molecule has 0 spiro atoms. The summed E-state index contributed by atoms with van der Waals surface area (Å²) in [5, 5.41) is 2.66. The zero-order valence-electron chi connectivity index (χ0n) is 14.4. The van der Waals surface area contributed by atoms with E-state index in [2.05, 4.69) is 10.1 Å². The first-order valence-electron chi connectivity index (χ1n) is 8.01. The van der Waals surface area contributed by atoms with Crippen LogP contribution >= 0.6 is 0 Å². The molecule has 1 fully saturated rings. The number of carbonyl (C=O) groups excluding carboxylic acids is 1. The molecule has 2 rings (SSSR count). The van der Waals surface area contributed by atoms with Gasteiger partial charge in [0.25, 0.3) is 0 Å². The molecule has 8 heteroatoms. The van der Waals surface area contributed by atoms with E-state index >= 15 is 0 Å². The number of hydrogen-bond acceptors (Lipinski definition) is 4. The summed E-state index contributed by atoms with van der Waals surface area (Å²) < 4.78 is 46.9. The van der Waals surface area contributed by atoms with Gasteiger partial charge in [-0.05, 0) is 19.1 Å². The lowest BCUT2D eigenvalue weighted by Gasteiger charge is -2.57. The number of nitrogens with two attached hydrogens (primary N) is 1. The molecule has 0 bridgehead atoms. The summed E-state index contributed by atoms with van der Waals surface area (Å²) >= 11 is 0. The maximum absolute atomic E-state index is 12.6. The van der Waals surface area contributed by atoms with Gasteiger partial charge in [0.05, 0.1) is 6.10 Å². The van der Waals surface area contributed by atoms with Gasteiger partial charge in [-0.2, -0.15) is 13.2 Å². The van der Waals surface area contributed by atoms with E-state index < -0.39 is 29.6 Å². The zero-order valence-corrected chi connectivity index (χ0v) is 14.4. The van der Waals surface area contributed by atoms with Gasteiger partial charge in [0.15, 0.2) is 6.61 Å². The second kappa shape index (κ2) is 6.84. The number of rotatable bonds is 6. The van der Waals surface area contributed by atoms with E-state index in [-0.39, 0.29) is 11.9 Å². The molecule has 2 unspecified atom stereocenters. The summed E-state index contributed by atoms with van der Waals surface area (Å²) in [6.45, 7) is 4.73. The summed E-state index contributed by atoms with van der Waals surface area (Å²) in [5.41, 5.74) is 4.93. The van der Waals surface area contributed by atoms with Crippen LogP contribution in [0.15, 0.2) is 24.3 Å². The maximum atomic E-state index is 12.6. The van der Waals surface area contributed by atoms with Crippen molar-refractivity contribution in [1.29, 1.82) is 0 Å². The fraction of sp³-hybridized carbons (Fsp3) is 0.588. The van der Waals surface area contributed by atoms with Crippen molar-refractivity contribution in [3.8, 4) is 5.75 Å². The quantitative estimate of drug-likeness (QED) is 0.818. The Hall–Kier alpha value is -1.80. The van der Waals surface area contributed by atoms with Crippen LogP contribution in [0.3, 0.4) is 0 Å². The minimum atomic E-state index is -4.43. The minimum absolute atomic E-state index is 0.0151. The Morgan fingerprint density at radius 2 is 2.08 bits per heavy atom. The van der Waals surface area contributed by atoms with Gasteiger partial charge >= 0.3 is 6.18 Å². The molecule has 1 aliphatic carbocycles. The Morgan fingerprint density at radius 1 is 1.40 bits per heavy atom. The van der Waals surface area contributed by atoms with Crippen molar-refractivity contribution in [2.75, 3.05) is 18.5 Å². The Morgan fingerprint density at radius 3 is 2.64 bits per heavy atom. The summed E-state index contributed by atoms with van der Waals surface area (Å²) in [6, 6.07) is 5.78. The van der Waals surface area contributed by atoms with Crippen molar-refractivity contribution in [3.05, 3.63) is 24.3 Å². The Bertz CT molecular complexity index is 634. The van der Waals surface area contributed by atoms with E-state index in [9.17, 15) is 18.0 Å². The predicted octanol–water partition coefficient (Wildman–Crippen LogP) is 3.10. The summed E-state index contributed by atoms with van der Waals surface area (Å²) in [6.07, 6.45) is -4.16. The van der Waals surface area contributed by atoms with Crippen LogP contribution in [0.25, 0.3) is 0 Å². The van der Waals surface area contributed by atoms with Crippen molar-refractivity contribution < 1.29 is 27.4 Å². The van der Waals surface area contributed by atoms with Crippen molar-refractivity contribution >= 4 is 11.6 Å². The van der Waals surface area contributed by atoms with Gasteiger partial charge < -0.3 is 20.5 Å². The van der Waals surface area contributed by atoms with E-state index in [1.54, 1.807) is 6.07 Å². The Labute approximate surface area is 144 Å². The number of hydrogen-bond donors (Lipinski definition) is 2. The maximum Gasteiger partial charge on any atom is 0.422 e. The van der Waals surface area contributed by atoms with Crippen LogP contribution in [0.2, 0.25) is 0 Å². The molecule has 0 radical (unpaired) electrons. The molecule has 0 heterocycles. The molecule has 1 amide bonds. The number of benzene rings is 1. The van der Waals surface area contributed by atoms with E-state index in [1.165, 1.54) is 18.2 Å². The van der Waals surface area contributed by atoms with Gasteiger partial charge in [-0.3, -0.25) is 4.79 Å². The molecule has 0 saturated heterocycles. The average molecular weight is 360 g/mol. The highest BCUT2D eigenvalue weighted by atomic mass is 19.4. The first kappa shape index (κ1) is 19.5. The number of anilines is 1. The first-order valence-corrected chi connectivity index (χ1v) is 8.01. The molecule has 1 aromatic rings. The average Bonchev–Trinajstić information content (AvgIpc) is 2.52. The molecular formula is C17H23F3N2O3. The topological polar surface area (TPSA) is 73.6 Å². The number of ether oxygens (including phenoxy) is 2. The molecule has 0 aromatic heterocycles. The normalized spacial score (nSPS) is 25.2. The number of carbonyl (C=O) groups is 1. The molecule has 1 aliphatic rings. The SMILES string of the molecule is CCOC1CC(N)(C(=O)Nc2cccc(OCC(F)(F)F)c2)C1(C)C. The van der Waals surface area contributed by atoms with Crippen LogP contribution in [0.4, 0.5) is 18.9 Å². The lowest BCUT2D eigenvalue weighted by Crippen LogP contribution is -2.74. The highest BCUT2D eigenvalue weighted by Gasteiger charge is 2.62. The van der Waals surface area contributed by atoms with Gasteiger partial charge in [0, 0.05) is 30.2 Å². The van der Waals surface area contributed by atoms with Gasteiger partial charge in [0.1, 0.15) is 11.3 Å². The molecule has 0 aliphatic heterocycles. The van der Waals surface area contributed by atoms with Crippen molar-refractivity contribution in [1.82, 2.24) is 0 Å². The van der Waals surface area contributed by atoms with E-state index in [0.29, 0.717) is 18.7 Å². The summed E-state index contributed by atoms with van der Waals surface area (Å²) in [7, 11) is 0. The monoisotopic (exact) mass is 360 g/mol. The molecule has 25 heavy (non-hydrogen) atoms. The van der Waals surface area contributed by atoms with Crippen LogP contribution in [-0.4, -0.2) is 36.9 Å². The van der Waals surface area contributed by atoms with Crippen LogP contribution in [0.1, 0.15) is 27.2 Å². The van der Waals surface area contributed by atoms with Crippen LogP contribution < -0.4 is 15.8 Å². The lowest BCUT2D eigenvalue weighted by atomic mass is 9.54. The molecule has 140 valence electrons. The number of alkyl halides is 3. The Kier molecular flexibility index (Phi) is 5.34. The highest BCUT2D eigenvalue weighted by Crippen LogP contribution is 2.50. The van der Waals surface area contributed by atoms with Crippen LogP contribution in [0, 0.1) is 5.41 Å². The van der Waals surface area contributed by atoms with E-state index in [1.807, 2.05) is 20.8 Å². The van der Waals surface area contributed by atoms with E-state index in [4.69, 9.17) is 10.5 Å². The van der Waals surface area contributed by atoms with Gasteiger partial charge in [-0.1, -0.05) is 19.9 Å². The fourth-order valence-electron chi connectivity index (χ4n) is 2.89. The number of amides is 1. The summed E-state index contributed by atoms with van der Waals surface area (Å²) in [4.78, 5) is 12.6. The van der Waals surface area contributed by atoms with Gasteiger partial charge in [0.2, 0.25) is 5.91 Å². The third-order valence-electron chi connectivity index (χ3n) is 4.73. The number of nitrogens with one attached hydrogen (secondary N) is 1. The molecule has 1 aromatic carbocycles. The van der Waals surface area contributed by atoms with Crippen molar-refractivity contribution in [2.45, 2.75) is 45.0 Å². The third-order valence-corrected chi connectivity index (χ3v) is 4.73. The minimum Gasteiger partial charge on any atom is -0.484 e. The van der Waals surface area contributed by atoms with Gasteiger partial charge in [-0.15, -0.1) is 0 Å². The van der Waals surface area contributed by atoms with Crippen molar-refractivity contribution in [2.24, 2.45) is 11.1 Å². The third kappa shape index (κ3) is 4.07. The number of halogens is 3. The zero-order chi connectivity index (χ0) is 18.9. The second-order valence-electron chi connectivity index (χ2n) is 6.73. The molecule has 5 nitrogen and oxygen atoms in total. The smallest absolute Gasteiger partial charge is 0.422 e. The lowest BCUT2D eigenvalue weighted by molar-refractivity contribution is -0.166. The largest absolute Gasteiger partial charge is 0.484 e. The van der Waals surface area contributed by atoms with Crippen LogP contribution in [-0.2, 0) is 9.53 Å².